The van der Waals surface area contributed by atoms with Gasteiger partial charge in [-0.05, 0) is 18.4 Å². The Morgan fingerprint density at radius 3 is 2.50 bits per heavy atom. The molecule has 1 aliphatic heterocycles. The van der Waals surface area contributed by atoms with Crippen molar-refractivity contribution >= 4 is 18.3 Å². The van der Waals surface area contributed by atoms with Crippen LogP contribution in [0.4, 0.5) is 0 Å². The number of carbonyl (C=O) groups is 1. The van der Waals surface area contributed by atoms with Gasteiger partial charge in [0.1, 0.15) is 0 Å². The lowest BCUT2D eigenvalue weighted by Gasteiger charge is -2.32. The molecule has 0 aliphatic carbocycles. The van der Waals surface area contributed by atoms with E-state index in [1.54, 1.807) is 7.11 Å². The Balaban J connectivity index is 0.00000200. The van der Waals surface area contributed by atoms with E-state index in [4.69, 9.17) is 10.5 Å². The highest BCUT2D eigenvalue weighted by atomic mass is 35.5. The predicted molar refractivity (Wildman–Crippen MR) is 81.8 cm³/mol. The lowest BCUT2D eigenvalue weighted by molar-refractivity contribution is -0.133. The second-order valence-corrected chi connectivity index (χ2v) is 5.04. The van der Waals surface area contributed by atoms with Crippen LogP contribution in [0.15, 0.2) is 30.3 Å². The Kier molecular flexibility index (Phi) is 6.99. The van der Waals surface area contributed by atoms with Crippen molar-refractivity contribution in [1.82, 2.24) is 4.90 Å². The minimum absolute atomic E-state index is 0. The SMILES string of the molecule is COC1CCN(C(=O)CC(N)c2ccccc2)CC1.Cl. The molecule has 0 radical (unpaired) electrons. The van der Waals surface area contributed by atoms with Gasteiger partial charge in [0, 0.05) is 32.7 Å². The molecule has 1 heterocycles. The molecule has 1 fully saturated rings. The number of amides is 1. The molecule has 1 unspecified atom stereocenters. The maximum absolute atomic E-state index is 12.2. The topological polar surface area (TPSA) is 55.6 Å². The van der Waals surface area contributed by atoms with Crippen LogP contribution in [0.1, 0.15) is 30.9 Å². The average molecular weight is 299 g/mol. The Labute approximate surface area is 126 Å². The van der Waals surface area contributed by atoms with Gasteiger partial charge in [-0.2, -0.15) is 0 Å². The highest BCUT2D eigenvalue weighted by molar-refractivity contribution is 5.85. The second-order valence-electron chi connectivity index (χ2n) is 5.04. The summed E-state index contributed by atoms with van der Waals surface area (Å²) in [6.07, 6.45) is 2.51. The van der Waals surface area contributed by atoms with Gasteiger partial charge in [0.2, 0.25) is 5.91 Å². The molecule has 1 amide bonds. The van der Waals surface area contributed by atoms with E-state index in [9.17, 15) is 4.79 Å². The number of likely N-dealkylation sites (tertiary alicyclic amines) is 1. The minimum atomic E-state index is -0.214. The van der Waals surface area contributed by atoms with Crippen LogP contribution in [0.25, 0.3) is 0 Å². The second kappa shape index (κ2) is 8.25. The zero-order chi connectivity index (χ0) is 13.7. The van der Waals surface area contributed by atoms with Crippen molar-refractivity contribution in [1.29, 1.82) is 0 Å². The fourth-order valence-electron chi connectivity index (χ4n) is 2.48. The lowest BCUT2D eigenvalue weighted by Crippen LogP contribution is -2.41. The third kappa shape index (κ3) is 4.47. The Morgan fingerprint density at radius 2 is 1.95 bits per heavy atom. The van der Waals surface area contributed by atoms with E-state index >= 15 is 0 Å². The smallest absolute Gasteiger partial charge is 0.224 e. The average Bonchev–Trinajstić information content (AvgIpc) is 2.48. The number of nitrogens with two attached hydrogens (primary N) is 1. The number of nitrogens with zero attached hydrogens (tertiary/aromatic N) is 1. The van der Waals surface area contributed by atoms with Crippen molar-refractivity contribution in [2.75, 3.05) is 20.2 Å². The first-order chi connectivity index (χ1) is 9.20. The summed E-state index contributed by atoms with van der Waals surface area (Å²) in [6, 6.07) is 9.57. The monoisotopic (exact) mass is 298 g/mol. The summed E-state index contributed by atoms with van der Waals surface area (Å²) in [5.74, 6) is 0.144. The van der Waals surface area contributed by atoms with E-state index in [1.165, 1.54) is 0 Å². The standard InChI is InChI=1S/C15H22N2O2.ClH/c1-19-13-7-9-17(10-8-13)15(18)11-14(16)12-5-3-2-4-6-12;/h2-6,13-14H,7-11,16H2,1H3;1H. The van der Waals surface area contributed by atoms with Gasteiger partial charge < -0.3 is 15.4 Å². The van der Waals surface area contributed by atoms with Crippen molar-refractivity contribution in [3.05, 3.63) is 35.9 Å². The summed E-state index contributed by atoms with van der Waals surface area (Å²) in [5, 5.41) is 0. The van der Waals surface area contributed by atoms with Gasteiger partial charge in [-0.3, -0.25) is 4.79 Å². The zero-order valence-corrected chi connectivity index (χ0v) is 12.6. The van der Waals surface area contributed by atoms with Gasteiger partial charge in [-0.15, -0.1) is 12.4 Å². The van der Waals surface area contributed by atoms with Crippen molar-refractivity contribution in [2.24, 2.45) is 5.73 Å². The molecule has 0 bridgehead atoms. The fraction of sp³-hybridized carbons (Fsp3) is 0.533. The molecule has 4 nitrogen and oxygen atoms in total. The van der Waals surface area contributed by atoms with Crippen LogP contribution < -0.4 is 5.73 Å². The Morgan fingerprint density at radius 1 is 1.35 bits per heavy atom. The van der Waals surface area contributed by atoms with E-state index in [0.717, 1.165) is 31.5 Å². The van der Waals surface area contributed by atoms with E-state index in [2.05, 4.69) is 0 Å². The molecule has 2 N–H and O–H groups in total. The maximum atomic E-state index is 12.2. The maximum Gasteiger partial charge on any atom is 0.224 e. The molecule has 1 aromatic carbocycles. The molecular formula is C15H23ClN2O2. The molecule has 20 heavy (non-hydrogen) atoms. The molecule has 0 spiro atoms. The fourth-order valence-corrected chi connectivity index (χ4v) is 2.48. The van der Waals surface area contributed by atoms with Crippen LogP contribution in [-0.4, -0.2) is 37.1 Å². The summed E-state index contributed by atoms with van der Waals surface area (Å²) >= 11 is 0. The number of halogens is 1. The first kappa shape index (κ1) is 17.0. The number of hydrogen-bond donors (Lipinski definition) is 1. The van der Waals surface area contributed by atoms with Crippen molar-refractivity contribution in [2.45, 2.75) is 31.4 Å². The first-order valence-corrected chi connectivity index (χ1v) is 6.82. The summed E-state index contributed by atoms with van der Waals surface area (Å²) in [4.78, 5) is 14.1. The van der Waals surface area contributed by atoms with Gasteiger partial charge in [-0.1, -0.05) is 30.3 Å². The molecular weight excluding hydrogens is 276 g/mol. The molecule has 1 aliphatic rings. The number of piperidine rings is 1. The number of rotatable bonds is 4. The van der Waals surface area contributed by atoms with Gasteiger partial charge in [0.05, 0.1) is 6.10 Å². The molecule has 112 valence electrons. The normalized spacial score (nSPS) is 17.4. The van der Waals surface area contributed by atoms with Crippen molar-refractivity contribution in [3.63, 3.8) is 0 Å². The summed E-state index contributed by atoms with van der Waals surface area (Å²) in [6.45, 7) is 1.55. The molecule has 0 saturated carbocycles. The molecule has 1 atom stereocenters. The third-order valence-electron chi connectivity index (χ3n) is 3.75. The predicted octanol–water partition coefficient (Wildman–Crippen LogP) is 2.14. The number of benzene rings is 1. The zero-order valence-electron chi connectivity index (χ0n) is 11.8. The number of hydrogen-bond acceptors (Lipinski definition) is 3. The van der Waals surface area contributed by atoms with E-state index in [-0.39, 0.29) is 24.4 Å². The van der Waals surface area contributed by atoms with Crippen LogP contribution in [0.2, 0.25) is 0 Å². The largest absolute Gasteiger partial charge is 0.381 e. The van der Waals surface area contributed by atoms with Crippen LogP contribution in [0, 0.1) is 0 Å². The van der Waals surface area contributed by atoms with Gasteiger partial charge in [0.25, 0.3) is 0 Å². The van der Waals surface area contributed by atoms with Crippen molar-refractivity contribution < 1.29 is 9.53 Å². The Hall–Kier alpha value is -1.10. The quantitative estimate of drug-likeness (QED) is 0.926. The van der Waals surface area contributed by atoms with Crippen LogP contribution >= 0.6 is 12.4 Å². The highest BCUT2D eigenvalue weighted by Gasteiger charge is 2.23. The van der Waals surface area contributed by atoms with Crippen LogP contribution in [-0.2, 0) is 9.53 Å². The number of methoxy groups -OCH3 is 1. The summed E-state index contributed by atoms with van der Waals surface area (Å²) in [7, 11) is 1.73. The van der Waals surface area contributed by atoms with Crippen molar-refractivity contribution in [3.8, 4) is 0 Å². The van der Waals surface area contributed by atoms with Crippen LogP contribution in [0.3, 0.4) is 0 Å². The molecule has 1 aromatic rings. The summed E-state index contributed by atoms with van der Waals surface area (Å²) < 4.78 is 5.31. The third-order valence-corrected chi connectivity index (χ3v) is 3.75. The molecule has 0 aromatic heterocycles. The molecule has 2 rings (SSSR count). The molecule has 5 heteroatoms. The van der Waals surface area contributed by atoms with E-state index < -0.39 is 0 Å². The van der Waals surface area contributed by atoms with E-state index in [1.807, 2.05) is 35.2 Å². The van der Waals surface area contributed by atoms with Crippen LogP contribution in [0.5, 0.6) is 0 Å². The number of ether oxygens (including phenoxy) is 1. The molecule has 1 saturated heterocycles. The number of carbonyl (C=O) groups excluding carboxylic acids is 1. The summed E-state index contributed by atoms with van der Waals surface area (Å²) in [5.41, 5.74) is 7.10. The van der Waals surface area contributed by atoms with E-state index in [0.29, 0.717) is 12.5 Å². The highest BCUT2D eigenvalue weighted by Crippen LogP contribution is 2.18. The lowest BCUT2D eigenvalue weighted by atomic mass is 10.0. The Bertz CT molecular complexity index is 406. The minimum Gasteiger partial charge on any atom is -0.381 e. The van der Waals surface area contributed by atoms with Gasteiger partial charge in [0.15, 0.2) is 0 Å². The van der Waals surface area contributed by atoms with Gasteiger partial charge in [-0.25, -0.2) is 0 Å². The first-order valence-electron chi connectivity index (χ1n) is 6.82. The van der Waals surface area contributed by atoms with Gasteiger partial charge >= 0.3 is 0 Å².